The van der Waals surface area contributed by atoms with E-state index >= 15 is 0 Å². The molecule has 8 heteroatoms. The van der Waals surface area contributed by atoms with Gasteiger partial charge in [-0.15, -0.1) is 11.3 Å². The number of methoxy groups -OCH3 is 2. The Labute approximate surface area is 207 Å². The van der Waals surface area contributed by atoms with E-state index in [2.05, 4.69) is 10.3 Å². The molecule has 0 atom stereocenters. The number of amides is 1. The van der Waals surface area contributed by atoms with Crippen LogP contribution in [0.3, 0.4) is 0 Å². The number of nitrogens with zero attached hydrogens (tertiary/aromatic N) is 1. The van der Waals surface area contributed by atoms with Crippen LogP contribution in [0.2, 0.25) is 0 Å². The molecule has 0 aliphatic heterocycles. The average molecular weight is 489 g/mol. The smallest absolute Gasteiger partial charge is 0.335 e. The third-order valence-corrected chi connectivity index (χ3v) is 6.72. The predicted molar refractivity (Wildman–Crippen MR) is 135 cm³/mol. The number of carbonyl (C=O) groups excluding carboxylic acids is 1. The second-order valence-corrected chi connectivity index (χ2v) is 8.75. The number of carbonyl (C=O) groups is 2. The van der Waals surface area contributed by atoms with Crippen molar-refractivity contribution in [1.82, 2.24) is 10.3 Å². The fourth-order valence-electron chi connectivity index (χ4n) is 3.66. The molecule has 3 aromatic carbocycles. The molecule has 0 bridgehead atoms. The zero-order chi connectivity index (χ0) is 24.9. The molecular formula is C27H24N2O5S. The van der Waals surface area contributed by atoms with Gasteiger partial charge in [0.05, 0.1) is 25.5 Å². The van der Waals surface area contributed by atoms with E-state index in [-0.39, 0.29) is 18.0 Å². The fraction of sp³-hybridized carbons (Fsp3) is 0.148. The second kappa shape index (κ2) is 10.4. The molecule has 1 amide bonds. The molecule has 0 spiro atoms. The Morgan fingerprint density at radius 3 is 2.34 bits per heavy atom. The quantitative estimate of drug-likeness (QED) is 0.343. The summed E-state index contributed by atoms with van der Waals surface area (Å²) in [4.78, 5) is 29.6. The Morgan fingerprint density at radius 1 is 0.943 bits per heavy atom. The zero-order valence-corrected chi connectivity index (χ0v) is 20.3. The number of hydrogen-bond donors (Lipinski definition) is 2. The van der Waals surface area contributed by atoms with Crippen molar-refractivity contribution in [3.63, 3.8) is 0 Å². The minimum absolute atomic E-state index is 0.194. The van der Waals surface area contributed by atoms with E-state index in [1.807, 2.05) is 55.5 Å². The molecule has 0 saturated carbocycles. The molecule has 1 heterocycles. The first-order valence-electron chi connectivity index (χ1n) is 10.8. The molecule has 4 aromatic rings. The van der Waals surface area contributed by atoms with Crippen molar-refractivity contribution < 1.29 is 24.2 Å². The topological polar surface area (TPSA) is 97.8 Å². The molecule has 4 rings (SSSR count). The van der Waals surface area contributed by atoms with Crippen molar-refractivity contribution in [2.24, 2.45) is 0 Å². The van der Waals surface area contributed by atoms with E-state index in [1.165, 1.54) is 11.3 Å². The Morgan fingerprint density at radius 2 is 1.66 bits per heavy atom. The van der Waals surface area contributed by atoms with Gasteiger partial charge in [0.2, 0.25) is 0 Å². The average Bonchev–Trinajstić information content (AvgIpc) is 3.28. The van der Waals surface area contributed by atoms with Crippen LogP contribution in [0.4, 0.5) is 0 Å². The van der Waals surface area contributed by atoms with Gasteiger partial charge in [0.15, 0.2) is 0 Å². The number of hydrogen-bond acceptors (Lipinski definition) is 6. The number of thiazole rings is 1. The number of aromatic carboxylic acids is 1. The van der Waals surface area contributed by atoms with E-state index in [0.29, 0.717) is 16.3 Å². The number of carboxylic acids is 1. The van der Waals surface area contributed by atoms with Gasteiger partial charge in [-0.05, 0) is 72.1 Å². The van der Waals surface area contributed by atoms with Gasteiger partial charge in [0.25, 0.3) is 5.91 Å². The van der Waals surface area contributed by atoms with Crippen LogP contribution < -0.4 is 14.8 Å². The Kier molecular flexibility index (Phi) is 7.12. The zero-order valence-electron chi connectivity index (χ0n) is 19.5. The van der Waals surface area contributed by atoms with Crippen LogP contribution in [0.25, 0.3) is 21.7 Å². The van der Waals surface area contributed by atoms with Gasteiger partial charge in [-0.25, -0.2) is 9.78 Å². The lowest BCUT2D eigenvalue weighted by molar-refractivity contribution is 0.0696. The molecule has 0 fully saturated rings. The number of aromatic nitrogens is 1. The molecule has 0 radical (unpaired) electrons. The van der Waals surface area contributed by atoms with Crippen LogP contribution >= 0.6 is 11.3 Å². The highest BCUT2D eigenvalue weighted by atomic mass is 32.1. The van der Waals surface area contributed by atoms with E-state index in [0.717, 1.165) is 33.0 Å². The van der Waals surface area contributed by atoms with Crippen molar-refractivity contribution in [3.8, 4) is 33.2 Å². The van der Waals surface area contributed by atoms with Gasteiger partial charge in [0, 0.05) is 12.1 Å². The minimum atomic E-state index is -0.997. The monoisotopic (exact) mass is 488 g/mol. The summed E-state index contributed by atoms with van der Waals surface area (Å²) in [5.74, 6) is 0.169. The summed E-state index contributed by atoms with van der Waals surface area (Å²) in [6.45, 7) is 2.05. The van der Waals surface area contributed by atoms with Crippen LogP contribution in [0.5, 0.6) is 11.5 Å². The Bertz CT molecular complexity index is 1380. The molecule has 2 N–H and O–H groups in total. The van der Waals surface area contributed by atoms with Gasteiger partial charge in [-0.2, -0.15) is 0 Å². The summed E-state index contributed by atoms with van der Waals surface area (Å²) in [5.41, 5.74) is 4.11. The molecule has 7 nitrogen and oxygen atoms in total. The summed E-state index contributed by atoms with van der Waals surface area (Å²) >= 11 is 1.33. The third-order valence-electron chi connectivity index (χ3n) is 5.51. The summed E-state index contributed by atoms with van der Waals surface area (Å²) in [6.07, 6.45) is 0. The number of benzene rings is 3. The number of aryl methyl sites for hydroxylation is 1. The fourth-order valence-corrected chi connectivity index (χ4v) is 4.65. The number of nitrogens with one attached hydrogen (secondary N) is 1. The molecule has 35 heavy (non-hydrogen) atoms. The van der Waals surface area contributed by atoms with Crippen molar-refractivity contribution in [2.75, 3.05) is 14.2 Å². The van der Waals surface area contributed by atoms with Crippen molar-refractivity contribution in [2.45, 2.75) is 13.5 Å². The molecule has 1 aromatic heterocycles. The highest BCUT2D eigenvalue weighted by Gasteiger charge is 2.17. The van der Waals surface area contributed by atoms with Gasteiger partial charge in [-0.1, -0.05) is 18.2 Å². The number of rotatable bonds is 8. The summed E-state index contributed by atoms with van der Waals surface area (Å²) in [5, 5.41) is 13.1. The summed E-state index contributed by atoms with van der Waals surface area (Å²) < 4.78 is 10.6. The maximum Gasteiger partial charge on any atom is 0.335 e. The lowest BCUT2D eigenvalue weighted by Crippen LogP contribution is -2.23. The standard InChI is InChI=1S/C27H24N2O5S/c1-16-24(35-26(29-16)17-7-9-21(33-2)10-8-17)25(30)28-15-20-14-22(34-3)11-12-23(20)18-5-4-6-19(13-18)27(31)32/h4-14H,15H2,1-3H3,(H,28,30)(H,31,32). The van der Waals surface area contributed by atoms with Crippen LogP contribution in [0, 0.1) is 6.92 Å². The number of ether oxygens (including phenoxy) is 2. The largest absolute Gasteiger partial charge is 0.497 e. The predicted octanol–water partition coefficient (Wildman–Crippen LogP) is 5.43. The lowest BCUT2D eigenvalue weighted by Gasteiger charge is -2.13. The second-order valence-electron chi connectivity index (χ2n) is 7.75. The van der Waals surface area contributed by atoms with E-state index in [4.69, 9.17) is 9.47 Å². The van der Waals surface area contributed by atoms with Crippen LogP contribution in [0.1, 0.15) is 31.3 Å². The molecule has 0 aliphatic carbocycles. The van der Waals surface area contributed by atoms with Gasteiger partial charge >= 0.3 is 5.97 Å². The SMILES string of the molecule is COc1ccc(-c2nc(C)c(C(=O)NCc3cc(OC)ccc3-c3cccc(C(=O)O)c3)s2)cc1. The molecule has 0 unspecified atom stereocenters. The van der Waals surface area contributed by atoms with Crippen LogP contribution in [0.15, 0.2) is 66.7 Å². The molecule has 0 aliphatic rings. The van der Waals surface area contributed by atoms with Crippen molar-refractivity contribution in [1.29, 1.82) is 0 Å². The first-order chi connectivity index (χ1) is 16.9. The van der Waals surface area contributed by atoms with Gasteiger partial charge in [0.1, 0.15) is 21.4 Å². The third kappa shape index (κ3) is 5.33. The maximum absolute atomic E-state index is 13.1. The highest BCUT2D eigenvalue weighted by molar-refractivity contribution is 7.17. The summed E-state index contributed by atoms with van der Waals surface area (Å²) in [6, 6.07) is 19.7. The normalized spacial score (nSPS) is 10.6. The van der Waals surface area contributed by atoms with Crippen LogP contribution in [-0.2, 0) is 6.54 Å². The van der Waals surface area contributed by atoms with Crippen molar-refractivity contribution in [3.05, 3.63) is 88.4 Å². The Hall–Kier alpha value is -4.17. The Balaban J connectivity index is 1.57. The van der Waals surface area contributed by atoms with E-state index in [1.54, 1.807) is 32.4 Å². The van der Waals surface area contributed by atoms with Crippen molar-refractivity contribution >= 4 is 23.2 Å². The summed E-state index contributed by atoms with van der Waals surface area (Å²) in [7, 11) is 3.19. The molecule has 178 valence electrons. The molecular weight excluding hydrogens is 464 g/mol. The van der Waals surface area contributed by atoms with Crippen LogP contribution in [-0.4, -0.2) is 36.2 Å². The minimum Gasteiger partial charge on any atom is -0.497 e. The van der Waals surface area contributed by atoms with Gasteiger partial charge < -0.3 is 19.9 Å². The number of carboxylic acid groups (broad SMARTS) is 1. The first kappa shape index (κ1) is 24.0. The highest BCUT2D eigenvalue weighted by Crippen LogP contribution is 2.31. The van der Waals surface area contributed by atoms with E-state index in [9.17, 15) is 14.7 Å². The molecule has 0 saturated heterocycles. The first-order valence-corrected chi connectivity index (χ1v) is 11.6. The maximum atomic E-state index is 13.1. The lowest BCUT2D eigenvalue weighted by atomic mass is 9.97. The van der Waals surface area contributed by atoms with Gasteiger partial charge in [-0.3, -0.25) is 4.79 Å². The van der Waals surface area contributed by atoms with E-state index < -0.39 is 5.97 Å².